The van der Waals surface area contributed by atoms with Crippen molar-refractivity contribution in [1.29, 1.82) is 0 Å². The number of aliphatic imine (C=N–C) groups is 2. The van der Waals surface area contributed by atoms with E-state index >= 15 is 0 Å². The van der Waals surface area contributed by atoms with Gasteiger partial charge in [-0.15, -0.1) is 8.57 Å². The molecule has 10 N–H and O–H groups in total. The van der Waals surface area contributed by atoms with E-state index in [9.17, 15) is 18.0 Å². The van der Waals surface area contributed by atoms with Crippen molar-refractivity contribution in [2.45, 2.75) is 102 Å². The first-order valence-corrected chi connectivity index (χ1v) is 19.9. The summed E-state index contributed by atoms with van der Waals surface area (Å²) in [5.41, 5.74) is 22.2. The van der Waals surface area contributed by atoms with Gasteiger partial charge in [0.2, 0.25) is 0 Å². The summed E-state index contributed by atoms with van der Waals surface area (Å²) in [6.07, 6.45) is 4.74. The van der Waals surface area contributed by atoms with Crippen molar-refractivity contribution in [3.63, 3.8) is 0 Å². The van der Waals surface area contributed by atoms with Gasteiger partial charge in [0.1, 0.15) is 35.2 Å². The molecule has 6 heterocycles. The van der Waals surface area contributed by atoms with Gasteiger partial charge in [0.15, 0.2) is 11.9 Å². The molecule has 23 heteroatoms. The van der Waals surface area contributed by atoms with Gasteiger partial charge < -0.3 is 41.8 Å². The molecule has 2 aromatic rings. The van der Waals surface area contributed by atoms with E-state index in [4.69, 9.17) is 40.5 Å². The van der Waals surface area contributed by atoms with Crippen LogP contribution in [0.3, 0.4) is 0 Å². The third-order valence-electron chi connectivity index (χ3n) is 11.8. The number of carbonyl (C=O) groups excluding carboxylic acids is 2. The smallest absolute Gasteiger partial charge is 0.370 e. The van der Waals surface area contributed by atoms with Crippen LogP contribution in [0, 0.1) is 10.8 Å². The van der Waals surface area contributed by atoms with Gasteiger partial charge in [-0.1, -0.05) is 10.3 Å². The Hall–Kier alpha value is -4.71. The van der Waals surface area contributed by atoms with Gasteiger partial charge >= 0.3 is 22.5 Å². The third kappa shape index (κ3) is 7.25. The molecule has 8 rings (SSSR count). The molecule has 4 aliphatic heterocycles. The summed E-state index contributed by atoms with van der Waals surface area (Å²) < 4.78 is 49.4. The fourth-order valence-corrected chi connectivity index (χ4v) is 9.48. The molecule has 4 saturated heterocycles. The molecule has 6 fully saturated rings. The maximum Gasteiger partial charge on any atom is 0.442 e. The molecule has 2 saturated carbocycles. The predicted octanol–water partition coefficient (Wildman–Crippen LogP) is -0.364. The average molecular weight is 789 g/mol. The fraction of sp³-hybridized carbons (Fsp3) is 0.688. The molecule has 6 aliphatic rings. The summed E-state index contributed by atoms with van der Waals surface area (Å²) in [5, 5.41) is 16.7. The van der Waals surface area contributed by atoms with Crippen molar-refractivity contribution in [3.05, 3.63) is 35.0 Å². The number of aromatic nitrogens is 2. The van der Waals surface area contributed by atoms with E-state index in [-0.39, 0.29) is 48.2 Å². The number of hydrogen-bond donors (Lipinski definition) is 6. The van der Waals surface area contributed by atoms with E-state index < -0.39 is 46.6 Å². The molecule has 2 aliphatic carbocycles. The zero-order valence-electron chi connectivity index (χ0n) is 30.7. The van der Waals surface area contributed by atoms with Crippen LogP contribution < -0.4 is 33.6 Å². The van der Waals surface area contributed by atoms with Gasteiger partial charge in [-0.2, -0.15) is 18.5 Å². The molecule has 4 bridgehead atoms. The minimum absolute atomic E-state index is 0.0132. The number of piperidine rings is 2. The zero-order chi connectivity index (χ0) is 38.9. The van der Waals surface area contributed by atoms with Crippen molar-refractivity contribution in [1.82, 2.24) is 40.9 Å². The minimum Gasteiger partial charge on any atom is -0.370 e. The lowest BCUT2D eigenvalue weighted by molar-refractivity contribution is -0.101. The van der Waals surface area contributed by atoms with Gasteiger partial charge in [-0.25, -0.2) is 19.6 Å². The number of nitrogens with two attached hydrogens (primary N) is 4. The van der Waals surface area contributed by atoms with Crippen LogP contribution in [0.4, 0.5) is 9.59 Å². The molecular formula is C32H48N14O8S. The molecule has 22 nitrogen and oxygen atoms in total. The van der Waals surface area contributed by atoms with Crippen LogP contribution in [0.1, 0.15) is 87.4 Å². The molecule has 0 aromatic carbocycles. The summed E-state index contributed by atoms with van der Waals surface area (Å²) >= 11 is 0. The molecule has 300 valence electrons. The van der Waals surface area contributed by atoms with Crippen molar-refractivity contribution in [2.24, 2.45) is 43.7 Å². The Morgan fingerprint density at radius 3 is 1.56 bits per heavy atom. The van der Waals surface area contributed by atoms with Gasteiger partial charge in [-0.3, -0.25) is 10.6 Å². The van der Waals surface area contributed by atoms with Gasteiger partial charge in [-0.05, 0) is 63.2 Å². The Bertz CT molecular complexity index is 1840. The van der Waals surface area contributed by atoms with E-state index in [0.29, 0.717) is 61.7 Å². The molecule has 2 aromatic heterocycles. The topological polar surface area (TPSA) is 305 Å². The van der Waals surface area contributed by atoms with Crippen LogP contribution in [0.2, 0.25) is 0 Å². The zero-order valence-corrected chi connectivity index (χ0v) is 31.5. The number of urea groups is 2. The first-order chi connectivity index (χ1) is 26.2. The van der Waals surface area contributed by atoms with E-state index in [1.54, 1.807) is 9.80 Å². The Morgan fingerprint density at radius 1 is 0.800 bits per heavy atom. The largest absolute Gasteiger partial charge is 0.442 e. The highest BCUT2D eigenvalue weighted by atomic mass is 32.3. The minimum atomic E-state index is -4.92. The maximum atomic E-state index is 13.8. The average Bonchev–Trinajstić information content (AvgIpc) is 3.83. The quantitative estimate of drug-likeness (QED) is 0.0934. The number of rotatable bonds is 16. The highest BCUT2D eigenvalue weighted by Crippen LogP contribution is 2.63. The molecule has 55 heavy (non-hydrogen) atoms. The van der Waals surface area contributed by atoms with E-state index in [0.717, 1.165) is 35.8 Å². The Labute approximate surface area is 317 Å². The summed E-state index contributed by atoms with van der Waals surface area (Å²) in [5.74, 6) is 1.20. The lowest BCUT2D eigenvalue weighted by Gasteiger charge is -2.36. The highest BCUT2D eigenvalue weighted by molar-refractivity contribution is 7.81. The number of hydroxylamine groups is 4. The van der Waals surface area contributed by atoms with Crippen LogP contribution in [0.15, 0.2) is 31.2 Å². The van der Waals surface area contributed by atoms with Crippen LogP contribution in [0.5, 0.6) is 0 Å². The molecule has 6 atom stereocenters. The number of hydrogen-bond acceptors (Lipinski definition) is 14. The van der Waals surface area contributed by atoms with Crippen molar-refractivity contribution in [3.8, 4) is 0 Å². The normalized spacial score (nSPS) is 26.9. The second-order valence-corrected chi connectivity index (χ2v) is 16.7. The Balaban J connectivity index is 0.909. The van der Waals surface area contributed by atoms with Crippen LogP contribution in [-0.2, 0) is 31.8 Å². The number of nitrogens with zero attached hydrogens (tertiary/aromatic N) is 8. The number of amides is 4. The monoisotopic (exact) mass is 788 g/mol. The molecule has 0 radical (unpaired) electrons. The summed E-state index contributed by atoms with van der Waals surface area (Å²) in [6, 6.07) is 0.457. The SMILES string of the molecule is CC(N=C(N)N)NCCc1cc([C@@H]2CC3(CC3)[C@@H]3CN2C(=O)N3OS(=O)(=O)ON2C(=O)N3C[C@H]2C2(CC2)C[C@H]3c2cc(CCNC(C)N=C(N)N)on2)no1. The predicted molar refractivity (Wildman–Crippen MR) is 192 cm³/mol. The van der Waals surface area contributed by atoms with Crippen LogP contribution in [0.25, 0.3) is 0 Å². The molecular weight excluding hydrogens is 741 g/mol. The fourth-order valence-electron chi connectivity index (χ4n) is 8.72. The van der Waals surface area contributed by atoms with Crippen molar-refractivity contribution >= 4 is 34.4 Å². The van der Waals surface area contributed by atoms with Crippen LogP contribution in [-0.4, -0.2) is 113 Å². The summed E-state index contributed by atoms with van der Waals surface area (Å²) in [7, 11) is -4.92. The van der Waals surface area contributed by atoms with E-state index in [1.165, 1.54) is 0 Å². The standard InChI is InChI=1S/C32H48N14O8S/c1-17(39-27(33)34)37-9-3-19-11-21(41-51-19)23-13-31(5-6-31)25-15-43(23)29(47)45(25)53-55(49,50)54-46-26-16-44(30(46)48)24(14-32(26)7-8-32)22-12-20(52-42-22)4-10-38-18(2)40-28(35)36/h11-12,17-18,23-26,37-38H,3-10,13-16H2,1-2H3,(H4,33,34,39)(H4,35,36,40)/t17?,18?,23-,24-,25-,26-/m0/s1. The van der Waals surface area contributed by atoms with Crippen molar-refractivity contribution in [2.75, 3.05) is 26.2 Å². The first kappa shape index (κ1) is 37.2. The third-order valence-corrected chi connectivity index (χ3v) is 12.5. The lowest BCUT2D eigenvalue weighted by Crippen LogP contribution is -2.45. The van der Waals surface area contributed by atoms with Gasteiger partial charge in [0.05, 0.1) is 24.2 Å². The molecule has 2 unspecified atom stereocenters. The number of carbonyl (C=O) groups is 2. The van der Waals surface area contributed by atoms with Crippen LogP contribution >= 0.6 is 0 Å². The van der Waals surface area contributed by atoms with Gasteiger partial charge in [0, 0.05) is 51.2 Å². The van der Waals surface area contributed by atoms with Crippen molar-refractivity contribution < 1.29 is 35.6 Å². The lowest BCUT2D eigenvalue weighted by atomic mass is 9.84. The van der Waals surface area contributed by atoms with Gasteiger partial charge in [0.25, 0.3) is 0 Å². The molecule has 2 spiro atoms. The number of guanidine groups is 2. The van der Waals surface area contributed by atoms with E-state index in [2.05, 4.69) is 30.9 Å². The molecule has 4 amide bonds. The van der Waals surface area contributed by atoms with E-state index in [1.807, 2.05) is 26.0 Å². The number of fused-ring (bicyclic) bond motifs is 6. The summed E-state index contributed by atoms with van der Waals surface area (Å²) in [6.45, 7) is 5.17. The Kier molecular flexibility index (Phi) is 9.33. The second-order valence-electron chi connectivity index (χ2n) is 15.6. The second kappa shape index (κ2) is 13.8. The maximum absolute atomic E-state index is 13.8. The highest BCUT2D eigenvalue weighted by Gasteiger charge is 2.66. The summed E-state index contributed by atoms with van der Waals surface area (Å²) in [4.78, 5) is 38.8. The number of nitrogens with one attached hydrogen (secondary N) is 2. The Morgan fingerprint density at radius 2 is 1.20 bits per heavy atom. The first-order valence-electron chi connectivity index (χ1n) is 18.5.